The first kappa shape index (κ1) is 11.8. The number of benzene rings is 1. The number of piperidine rings is 1. The first-order chi connectivity index (χ1) is 8.74. The number of fused-ring (bicyclic) bond motifs is 2. The van der Waals surface area contributed by atoms with E-state index in [0.717, 1.165) is 23.5 Å². The summed E-state index contributed by atoms with van der Waals surface area (Å²) in [5.74, 6) is 0.950. The third kappa shape index (κ3) is 2.32. The van der Waals surface area contributed by atoms with Crippen LogP contribution in [0.1, 0.15) is 31.2 Å². The lowest BCUT2D eigenvalue weighted by Crippen LogP contribution is -2.43. The Hall–Kier alpha value is -1.22. The van der Waals surface area contributed by atoms with Crippen molar-refractivity contribution in [2.45, 2.75) is 50.7 Å². The Kier molecular flexibility index (Phi) is 3.16. The summed E-state index contributed by atoms with van der Waals surface area (Å²) in [6.07, 6.45) is 5.14. The second-order valence-electron chi connectivity index (χ2n) is 5.65. The highest BCUT2D eigenvalue weighted by molar-refractivity contribution is 5.58. The highest BCUT2D eigenvalue weighted by atomic mass is 16.5. The topological polar surface area (TPSA) is 33.3 Å². The van der Waals surface area contributed by atoms with Gasteiger partial charge >= 0.3 is 0 Å². The van der Waals surface area contributed by atoms with Crippen molar-refractivity contribution in [3.63, 3.8) is 0 Å². The summed E-state index contributed by atoms with van der Waals surface area (Å²) >= 11 is 0. The number of methoxy groups -OCH3 is 1. The van der Waals surface area contributed by atoms with Crippen LogP contribution >= 0.6 is 0 Å². The predicted molar refractivity (Wildman–Crippen MR) is 74.3 cm³/mol. The van der Waals surface area contributed by atoms with Crippen molar-refractivity contribution in [1.82, 2.24) is 5.32 Å². The van der Waals surface area contributed by atoms with Crippen molar-refractivity contribution >= 4 is 5.69 Å². The molecule has 0 aliphatic carbocycles. The minimum Gasteiger partial charge on any atom is -0.495 e. The van der Waals surface area contributed by atoms with E-state index < -0.39 is 0 Å². The number of aryl methyl sites for hydroxylation is 1. The number of hydrogen-bond acceptors (Lipinski definition) is 3. The number of nitrogens with one attached hydrogen (secondary N) is 2. The number of ether oxygens (including phenoxy) is 1. The van der Waals surface area contributed by atoms with Gasteiger partial charge in [-0.15, -0.1) is 0 Å². The monoisotopic (exact) mass is 246 g/mol. The fourth-order valence-corrected chi connectivity index (χ4v) is 3.33. The molecule has 0 aromatic heterocycles. The van der Waals surface area contributed by atoms with Gasteiger partial charge in [0.1, 0.15) is 5.75 Å². The molecule has 0 radical (unpaired) electrons. The third-order valence-corrected chi connectivity index (χ3v) is 4.19. The number of anilines is 1. The van der Waals surface area contributed by atoms with E-state index in [1.54, 1.807) is 7.11 Å². The molecule has 2 aliphatic heterocycles. The standard InChI is InChI=1S/C15H22N2O/c1-10-3-6-15(18-2)14(7-10)17-13-8-11-4-5-12(9-13)16-11/h3,6-7,11-13,16-17H,4-5,8-9H2,1-2H3. The van der Waals surface area contributed by atoms with E-state index in [0.29, 0.717) is 6.04 Å². The summed E-state index contributed by atoms with van der Waals surface area (Å²) in [7, 11) is 1.74. The highest BCUT2D eigenvalue weighted by Gasteiger charge is 2.33. The Morgan fingerprint density at radius 3 is 2.61 bits per heavy atom. The van der Waals surface area contributed by atoms with Crippen LogP contribution in [0.3, 0.4) is 0 Å². The van der Waals surface area contributed by atoms with Crippen molar-refractivity contribution in [1.29, 1.82) is 0 Å². The van der Waals surface area contributed by atoms with Crippen LogP contribution in [0.5, 0.6) is 5.75 Å². The van der Waals surface area contributed by atoms with Crippen LogP contribution in [-0.4, -0.2) is 25.2 Å². The molecule has 2 fully saturated rings. The van der Waals surface area contributed by atoms with E-state index in [9.17, 15) is 0 Å². The van der Waals surface area contributed by atoms with Gasteiger partial charge in [-0.2, -0.15) is 0 Å². The molecule has 3 rings (SSSR count). The Morgan fingerprint density at radius 1 is 1.22 bits per heavy atom. The minimum absolute atomic E-state index is 0.583. The first-order valence-corrected chi connectivity index (χ1v) is 6.92. The predicted octanol–water partition coefficient (Wildman–Crippen LogP) is 2.70. The zero-order valence-electron chi connectivity index (χ0n) is 11.2. The third-order valence-electron chi connectivity index (χ3n) is 4.19. The molecule has 98 valence electrons. The fraction of sp³-hybridized carbons (Fsp3) is 0.600. The van der Waals surface area contributed by atoms with Crippen LogP contribution in [-0.2, 0) is 0 Å². The molecule has 1 aromatic carbocycles. The maximum absolute atomic E-state index is 5.43. The smallest absolute Gasteiger partial charge is 0.141 e. The van der Waals surface area contributed by atoms with Gasteiger partial charge < -0.3 is 15.4 Å². The van der Waals surface area contributed by atoms with Crippen molar-refractivity contribution in [2.24, 2.45) is 0 Å². The average Bonchev–Trinajstić information content (AvgIpc) is 2.69. The molecule has 0 spiro atoms. The van der Waals surface area contributed by atoms with E-state index in [1.807, 2.05) is 6.07 Å². The summed E-state index contributed by atoms with van der Waals surface area (Å²) in [5.41, 5.74) is 2.42. The van der Waals surface area contributed by atoms with Crippen LogP contribution in [0.2, 0.25) is 0 Å². The molecular weight excluding hydrogens is 224 g/mol. The van der Waals surface area contributed by atoms with Gasteiger partial charge in [-0.3, -0.25) is 0 Å². The molecular formula is C15H22N2O. The lowest BCUT2D eigenvalue weighted by atomic mass is 9.99. The summed E-state index contributed by atoms with van der Waals surface area (Å²) in [4.78, 5) is 0. The molecule has 2 unspecified atom stereocenters. The van der Waals surface area contributed by atoms with Crippen LogP contribution < -0.4 is 15.4 Å². The van der Waals surface area contributed by atoms with Crippen LogP contribution in [0.4, 0.5) is 5.69 Å². The second kappa shape index (κ2) is 4.81. The molecule has 2 atom stereocenters. The van der Waals surface area contributed by atoms with Crippen LogP contribution in [0, 0.1) is 6.92 Å². The van der Waals surface area contributed by atoms with Gasteiger partial charge in [-0.25, -0.2) is 0 Å². The molecule has 3 heteroatoms. The zero-order valence-corrected chi connectivity index (χ0v) is 11.2. The molecule has 18 heavy (non-hydrogen) atoms. The lowest BCUT2D eigenvalue weighted by molar-refractivity contribution is 0.375. The molecule has 0 saturated carbocycles. The normalized spacial score (nSPS) is 30.2. The van der Waals surface area contributed by atoms with Gasteiger partial charge in [0.05, 0.1) is 12.8 Å². The largest absolute Gasteiger partial charge is 0.495 e. The van der Waals surface area contributed by atoms with Gasteiger partial charge in [-0.05, 0) is 50.3 Å². The van der Waals surface area contributed by atoms with Gasteiger partial charge in [0.15, 0.2) is 0 Å². The van der Waals surface area contributed by atoms with E-state index in [-0.39, 0.29) is 0 Å². The summed E-state index contributed by atoms with van der Waals surface area (Å²) < 4.78 is 5.43. The molecule has 3 nitrogen and oxygen atoms in total. The SMILES string of the molecule is COc1ccc(C)cc1NC1CC2CCC(C1)N2. The average molecular weight is 246 g/mol. The Balaban J connectivity index is 1.74. The summed E-state index contributed by atoms with van der Waals surface area (Å²) in [5, 5.41) is 7.35. The van der Waals surface area contributed by atoms with E-state index in [2.05, 4.69) is 29.7 Å². The maximum atomic E-state index is 5.43. The van der Waals surface area contributed by atoms with Crippen molar-refractivity contribution in [2.75, 3.05) is 12.4 Å². The van der Waals surface area contributed by atoms with Crippen molar-refractivity contribution < 1.29 is 4.74 Å². The zero-order chi connectivity index (χ0) is 12.5. The molecule has 2 heterocycles. The van der Waals surface area contributed by atoms with Gasteiger partial charge in [0.25, 0.3) is 0 Å². The van der Waals surface area contributed by atoms with Gasteiger partial charge in [0.2, 0.25) is 0 Å². The lowest BCUT2D eigenvalue weighted by Gasteiger charge is -2.31. The molecule has 2 saturated heterocycles. The van der Waals surface area contributed by atoms with Gasteiger partial charge in [-0.1, -0.05) is 6.07 Å². The van der Waals surface area contributed by atoms with Crippen LogP contribution in [0.25, 0.3) is 0 Å². The Morgan fingerprint density at radius 2 is 1.94 bits per heavy atom. The quantitative estimate of drug-likeness (QED) is 0.860. The van der Waals surface area contributed by atoms with E-state index in [1.165, 1.54) is 31.2 Å². The number of hydrogen-bond donors (Lipinski definition) is 2. The fourth-order valence-electron chi connectivity index (χ4n) is 3.33. The molecule has 0 amide bonds. The van der Waals surface area contributed by atoms with Crippen molar-refractivity contribution in [3.05, 3.63) is 23.8 Å². The van der Waals surface area contributed by atoms with E-state index in [4.69, 9.17) is 4.74 Å². The molecule has 2 N–H and O–H groups in total. The molecule has 1 aromatic rings. The Labute approximate surface area is 109 Å². The van der Waals surface area contributed by atoms with Crippen LogP contribution in [0.15, 0.2) is 18.2 Å². The maximum Gasteiger partial charge on any atom is 0.141 e. The summed E-state index contributed by atoms with van der Waals surface area (Å²) in [6, 6.07) is 8.35. The second-order valence-corrected chi connectivity index (χ2v) is 5.65. The van der Waals surface area contributed by atoms with Gasteiger partial charge in [0, 0.05) is 18.1 Å². The molecule has 2 bridgehead atoms. The highest BCUT2D eigenvalue weighted by Crippen LogP contribution is 2.32. The summed E-state index contributed by atoms with van der Waals surface area (Å²) in [6.45, 7) is 2.12. The first-order valence-electron chi connectivity index (χ1n) is 6.92. The Bertz CT molecular complexity index is 421. The number of rotatable bonds is 3. The minimum atomic E-state index is 0.583. The van der Waals surface area contributed by atoms with Crippen molar-refractivity contribution in [3.8, 4) is 5.75 Å². The van der Waals surface area contributed by atoms with E-state index >= 15 is 0 Å². The molecule has 2 aliphatic rings.